The fourth-order valence-electron chi connectivity index (χ4n) is 1.55. The lowest BCUT2D eigenvalue weighted by molar-refractivity contribution is 0.406. The van der Waals surface area contributed by atoms with Crippen LogP contribution >= 0.6 is 11.3 Å². The van der Waals surface area contributed by atoms with Crippen LogP contribution in [0.5, 0.6) is 0 Å². The molecule has 0 N–H and O–H groups in total. The molecule has 0 amide bonds. The number of hydrogen-bond acceptors (Lipinski definition) is 3. The quantitative estimate of drug-likeness (QED) is 0.539. The molecular weight excluding hydrogens is 254 g/mol. The molecule has 0 atom stereocenters. The van der Waals surface area contributed by atoms with Crippen molar-refractivity contribution >= 4 is 21.4 Å². The second-order valence-electron chi connectivity index (χ2n) is 3.77. The smallest absolute Gasteiger partial charge is 0.206 e. The molecule has 0 unspecified atom stereocenters. The second-order valence-corrected chi connectivity index (χ2v) is 6.88. The molecule has 3 nitrogen and oxygen atoms in total. The zero-order valence-corrected chi connectivity index (χ0v) is 11.8. The van der Waals surface area contributed by atoms with Gasteiger partial charge in [0.15, 0.2) is 0 Å². The zero-order valence-electron chi connectivity index (χ0n) is 10.1. The van der Waals surface area contributed by atoms with Gasteiger partial charge in [0, 0.05) is 13.1 Å². The van der Waals surface area contributed by atoms with Gasteiger partial charge >= 0.3 is 0 Å². The summed E-state index contributed by atoms with van der Waals surface area (Å²) in [6, 6.07) is 3.43. The Morgan fingerprint density at radius 1 is 1.47 bits per heavy atom. The van der Waals surface area contributed by atoms with E-state index < -0.39 is 10.0 Å². The molecule has 0 saturated carbocycles. The van der Waals surface area contributed by atoms with Crippen molar-refractivity contribution in [3.8, 4) is 0 Å². The summed E-state index contributed by atoms with van der Waals surface area (Å²) in [6.45, 7) is 6.79. The molecule has 0 saturated heterocycles. The van der Waals surface area contributed by atoms with Crippen molar-refractivity contribution in [2.75, 3.05) is 13.1 Å². The molecule has 0 fully saturated rings. The molecule has 0 aliphatic rings. The number of allylic oxidation sites excluding steroid dienone is 1. The summed E-state index contributed by atoms with van der Waals surface area (Å²) in [5.74, 6) is 0. The number of nitrogens with zero attached hydrogens (tertiary/aromatic N) is 1. The lowest BCUT2D eigenvalue weighted by Crippen LogP contribution is -2.32. The van der Waals surface area contributed by atoms with Gasteiger partial charge in [-0.1, -0.05) is 19.1 Å². The molecule has 0 aromatic carbocycles. The standard InChI is InChI=1S/C12H19NO2S2/c1-3-5-6-10-13(9-4-2)17(14,15)12-8-7-11-16-12/h3,7-8,11H,1,4-6,9-10H2,2H3. The van der Waals surface area contributed by atoms with Crippen LogP contribution in [0.1, 0.15) is 26.2 Å². The molecule has 1 rings (SSSR count). The lowest BCUT2D eigenvalue weighted by Gasteiger charge is -2.20. The maximum Gasteiger partial charge on any atom is 0.252 e. The van der Waals surface area contributed by atoms with Crippen LogP contribution in [0.2, 0.25) is 0 Å². The first-order valence-corrected chi connectivity index (χ1v) is 8.09. The van der Waals surface area contributed by atoms with Crippen molar-refractivity contribution in [3.05, 3.63) is 30.2 Å². The fourth-order valence-corrected chi connectivity index (χ4v) is 4.27. The zero-order chi connectivity index (χ0) is 12.7. The van der Waals surface area contributed by atoms with E-state index in [2.05, 4.69) is 6.58 Å². The third kappa shape index (κ3) is 3.94. The summed E-state index contributed by atoms with van der Waals surface area (Å²) in [4.78, 5) is 0. The highest BCUT2D eigenvalue weighted by atomic mass is 32.2. The summed E-state index contributed by atoms with van der Waals surface area (Å²) in [5.41, 5.74) is 0. The first-order chi connectivity index (χ1) is 8.12. The molecular formula is C12H19NO2S2. The molecule has 0 radical (unpaired) electrons. The van der Waals surface area contributed by atoms with Crippen LogP contribution in [0, 0.1) is 0 Å². The van der Waals surface area contributed by atoms with Crippen molar-refractivity contribution in [2.45, 2.75) is 30.4 Å². The first-order valence-electron chi connectivity index (χ1n) is 5.77. The van der Waals surface area contributed by atoms with Crippen molar-refractivity contribution in [2.24, 2.45) is 0 Å². The Hall–Kier alpha value is -0.650. The van der Waals surface area contributed by atoms with Gasteiger partial charge in [0.05, 0.1) is 0 Å². The molecule has 1 heterocycles. The van der Waals surface area contributed by atoms with Gasteiger partial charge in [-0.2, -0.15) is 4.31 Å². The van der Waals surface area contributed by atoms with Crippen LogP contribution in [0.15, 0.2) is 34.4 Å². The normalized spacial score (nSPS) is 11.9. The van der Waals surface area contributed by atoms with Crippen LogP contribution in [0.4, 0.5) is 0 Å². The average molecular weight is 273 g/mol. The van der Waals surface area contributed by atoms with Crippen LogP contribution in [0.25, 0.3) is 0 Å². The molecule has 0 aliphatic carbocycles. The summed E-state index contributed by atoms with van der Waals surface area (Å²) in [7, 11) is -3.28. The van der Waals surface area contributed by atoms with Crippen LogP contribution in [-0.4, -0.2) is 25.8 Å². The number of sulfonamides is 1. The van der Waals surface area contributed by atoms with Crippen LogP contribution < -0.4 is 0 Å². The van der Waals surface area contributed by atoms with Gasteiger partial charge in [-0.05, 0) is 30.7 Å². The Labute approximate surface area is 108 Å². The predicted molar refractivity (Wildman–Crippen MR) is 72.8 cm³/mol. The van der Waals surface area contributed by atoms with E-state index in [1.807, 2.05) is 13.0 Å². The highest BCUT2D eigenvalue weighted by Crippen LogP contribution is 2.21. The summed E-state index contributed by atoms with van der Waals surface area (Å²) in [6.07, 6.45) is 4.33. The average Bonchev–Trinajstić information content (AvgIpc) is 2.82. The predicted octanol–water partition coefficient (Wildman–Crippen LogP) is 3.12. The Balaban J connectivity index is 2.78. The van der Waals surface area contributed by atoms with Gasteiger partial charge in [-0.15, -0.1) is 17.9 Å². The van der Waals surface area contributed by atoms with Gasteiger partial charge < -0.3 is 0 Å². The molecule has 5 heteroatoms. The minimum Gasteiger partial charge on any atom is -0.206 e. The summed E-state index contributed by atoms with van der Waals surface area (Å²) >= 11 is 1.27. The SMILES string of the molecule is C=CCCCN(CCC)S(=O)(=O)c1cccs1. The summed E-state index contributed by atoms with van der Waals surface area (Å²) < 4.78 is 26.6. The molecule has 96 valence electrons. The molecule has 0 spiro atoms. The Bertz CT molecular complexity index is 423. The topological polar surface area (TPSA) is 37.4 Å². The number of unbranched alkanes of at least 4 members (excludes halogenated alkanes) is 1. The largest absolute Gasteiger partial charge is 0.252 e. The van der Waals surface area contributed by atoms with Crippen LogP contribution in [-0.2, 0) is 10.0 Å². The van der Waals surface area contributed by atoms with E-state index in [4.69, 9.17) is 0 Å². The fraction of sp³-hybridized carbons (Fsp3) is 0.500. The van der Waals surface area contributed by atoms with Gasteiger partial charge in [-0.25, -0.2) is 8.42 Å². The number of hydrogen-bond donors (Lipinski definition) is 0. The van der Waals surface area contributed by atoms with E-state index in [0.29, 0.717) is 17.3 Å². The van der Waals surface area contributed by atoms with E-state index in [0.717, 1.165) is 19.3 Å². The van der Waals surface area contributed by atoms with Crippen molar-refractivity contribution in [3.63, 3.8) is 0 Å². The minimum atomic E-state index is -3.28. The molecule has 0 bridgehead atoms. The van der Waals surface area contributed by atoms with E-state index in [1.165, 1.54) is 11.3 Å². The maximum atomic E-state index is 12.3. The Morgan fingerprint density at radius 2 is 2.24 bits per heavy atom. The molecule has 17 heavy (non-hydrogen) atoms. The van der Waals surface area contributed by atoms with Gasteiger partial charge in [0.1, 0.15) is 4.21 Å². The van der Waals surface area contributed by atoms with Gasteiger partial charge in [0.2, 0.25) is 0 Å². The lowest BCUT2D eigenvalue weighted by atomic mass is 10.3. The monoisotopic (exact) mass is 273 g/mol. The number of thiophene rings is 1. The molecule has 1 aromatic rings. The third-order valence-electron chi connectivity index (χ3n) is 2.38. The third-order valence-corrected chi connectivity index (χ3v) is 5.65. The van der Waals surface area contributed by atoms with E-state index in [-0.39, 0.29) is 0 Å². The molecule has 1 aromatic heterocycles. The number of rotatable bonds is 8. The second kappa shape index (κ2) is 6.93. The Morgan fingerprint density at radius 3 is 2.76 bits per heavy atom. The van der Waals surface area contributed by atoms with Crippen molar-refractivity contribution in [1.82, 2.24) is 4.31 Å². The highest BCUT2D eigenvalue weighted by molar-refractivity contribution is 7.91. The van der Waals surface area contributed by atoms with E-state index >= 15 is 0 Å². The Kier molecular flexibility index (Phi) is 5.88. The van der Waals surface area contributed by atoms with Gasteiger partial charge in [-0.3, -0.25) is 0 Å². The van der Waals surface area contributed by atoms with E-state index in [1.54, 1.807) is 21.8 Å². The van der Waals surface area contributed by atoms with Crippen LogP contribution in [0.3, 0.4) is 0 Å². The minimum absolute atomic E-state index is 0.435. The molecule has 0 aliphatic heterocycles. The maximum absolute atomic E-state index is 12.3. The van der Waals surface area contributed by atoms with Gasteiger partial charge in [0.25, 0.3) is 10.0 Å². The van der Waals surface area contributed by atoms with Crippen molar-refractivity contribution < 1.29 is 8.42 Å². The highest BCUT2D eigenvalue weighted by Gasteiger charge is 2.23. The van der Waals surface area contributed by atoms with E-state index in [9.17, 15) is 8.42 Å². The summed E-state index contributed by atoms with van der Waals surface area (Å²) in [5, 5.41) is 1.79. The first kappa shape index (κ1) is 14.4. The van der Waals surface area contributed by atoms with Crippen molar-refractivity contribution in [1.29, 1.82) is 0 Å².